The molecule has 1 saturated heterocycles. The Morgan fingerprint density at radius 3 is 3.00 bits per heavy atom. The van der Waals surface area contributed by atoms with Gasteiger partial charge in [-0.25, -0.2) is 0 Å². The van der Waals surface area contributed by atoms with Crippen LogP contribution in [0.2, 0.25) is 10.0 Å². The Labute approximate surface area is 122 Å². The predicted octanol–water partition coefficient (Wildman–Crippen LogP) is 4.01. The summed E-state index contributed by atoms with van der Waals surface area (Å²) < 4.78 is 0. The molecule has 2 nitrogen and oxygen atoms in total. The van der Waals surface area contributed by atoms with Crippen LogP contribution in [0.3, 0.4) is 0 Å². The van der Waals surface area contributed by atoms with Gasteiger partial charge in [-0.2, -0.15) is 0 Å². The van der Waals surface area contributed by atoms with Gasteiger partial charge in [0.25, 0.3) is 0 Å². The highest BCUT2D eigenvalue weighted by atomic mass is 35.5. The molecule has 1 atom stereocenters. The first-order chi connectivity index (χ1) is 8.65. The van der Waals surface area contributed by atoms with Crippen molar-refractivity contribution in [2.75, 3.05) is 12.3 Å². The smallest absolute Gasteiger partial charge is 0.156 e. The third-order valence-electron chi connectivity index (χ3n) is 2.81. The maximum absolute atomic E-state index is 6.12. The van der Waals surface area contributed by atoms with Gasteiger partial charge in [-0.3, -0.25) is 4.99 Å². The van der Waals surface area contributed by atoms with Crippen molar-refractivity contribution in [3.8, 4) is 0 Å². The van der Waals surface area contributed by atoms with E-state index in [9.17, 15) is 0 Å². The van der Waals surface area contributed by atoms with Gasteiger partial charge in [0.05, 0.1) is 0 Å². The first-order valence-electron chi connectivity index (χ1n) is 6.03. The molecule has 1 aliphatic rings. The second-order valence-electron chi connectivity index (χ2n) is 4.36. The van der Waals surface area contributed by atoms with Crippen LogP contribution in [0.1, 0.15) is 18.9 Å². The fourth-order valence-electron chi connectivity index (χ4n) is 1.75. The first-order valence-corrected chi connectivity index (χ1v) is 7.77. The molecule has 1 aromatic rings. The summed E-state index contributed by atoms with van der Waals surface area (Å²) in [6.07, 6.45) is 2.04. The summed E-state index contributed by atoms with van der Waals surface area (Å²) in [7, 11) is 0. The zero-order valence-corrected chi connectivity index (χ0v) is 12.6. The molecule has 1 fully saturated rings. The van der Waals surface area contributed by atoms with E-state index < -0.39 is 0 Å². The number of nitrogens with one attached hydrogen (secondary N) is 1. The minimum atomic E-state index is 0.532. The third kappa shape index (κ3) is 4.08. The number of halogens is 2. The molecule has 1 unspecified atom stereocenters. The number of hydrogen-bond donors (Lipinski definition) is 1. The number of nitrogens with zero attached hydrogens (tertiary/aromatic N) is 1. The minimum Gasteiger partial charge on any atom is -0.362 e. The van der Waals surface area contributed by atoms with E-state index in [1.807, 2.05) is 12.1 Å². The molecule has 0 radical (unpaired) electrons. The van der Waals surface area contributed by atoms with Gasteiger partial charge in [0, 0.05) is 28.4 Å². The highest BCUT2D eigenvalue weighted by Gasteiger charge is 2.12. The number of thioether (sulfide) groups is 1. The molecule has 0 spiro atoms. The Morgan fingerprint density at radius 2 is 2.28 bits per heavy atom. The van der Waals surface area contributed by atoms with E-state index in [-0.39, 0.29) is 0 Å². The Morgan fingerprint density at radius 1 is 1.44 bits per heavy atom. The van der Waals surface area contributed by atoms with Gasteiger partial charge in [0.15, 0.2) is 5.17 Å². The number of hydrogen-bond acceptors (Lipinski definition) is 2. The largest absolute Gasteiger partial charge is 0.362 e. The van der Waals surface area contributed by atoms with Gasteiger partial charge >= 0.3 is 0 Å². The van der Waals surface area contributed by atoms with Crippen molar-refractivity contribution in [3.05, 3.63) is 33.8 Å². The highest BCUT2D eigenvalue weighted by Crippen LogP contribution is 2.21. The van der Waals surface area contributed by atoms with Gasteiger partial charge in [0.2, 0.25) is 0 Å². The summed E-state index contributed by atoms with van der Waals surface area (Å²) >= 11 is 13.8. The molecular weight excluding hydrogens is 287 g/mol. The van der Waals surface area contributed by atoms with Crippen molar-refractivity contribution in [2.45, 2.75) is 25.8 Å². The van der Waals surface area contributed by atoms with Crippen LogP contribution in [-0.2, 0) is 6.42 Å². The second kappa shape index (κ2) is 6.69. The molecule has 2 rings (SSSR count). The van der Waals surface area contributed by atoms with Crippen LogP contribution < -0.4 is 5.32 Å². The predicted molar refractivity (Wildman–Crippen MR) is 82.1 cm³/mol. The molecule has 1 heterocycles. The third-order valence-corrected chi connectivity index (χ3v) is 4.36. The topological polar surface area (TPSA) is 24.4 Å². The molecule has 0 aliphatic carbocycles. The Hall–Kier alpha value is -0.380. The molecule has 0 saturated carbocycles. The quantitative estimate of drug-likeness (QED) is 0.912. The first kappa shape index (κ1) is 14.0. The monoisotopic (exact) mass is 302 g/mol. The standard InChI is InChI=1S/C13H16Cl2N2S/c1-9-5-7-18-13(17-9)16-6-4-10-2-3-11(14)8-12(10)15/h2-3,8-9H,4-7H2,1H3,(H,16,17). The lowest BCUT2D eigenvalue weighted by atomic mass is 10.1. The van der Waals surface area contributed by atoms with Crippen LogP contribution in [0, 0.1) is 0 Å². The van der Waals surface area contributed by atoms with Crippen LogP contribution in [0.4, 0.5) is 0 Å². The molecule has 0 amide bonds. The van der Waals surface area contributed by atoms with Crippen LogP contribution in [0.25, 0.3) is 0 Å². The molecule has 0 bridgehead atoms. The Kier molecular flexibility index (Phi) is 5.22. The summed E-state index contributed by atoms with van der Waals surface area (Å²) in [6, 6.07) is 6.14. The van der Waals surface area contributed by atoms with E-state index in [0.717, 1.165) is 34.5 Å². The van der Waals surface area contributed by atoms with Crippen molar-refractivity contribution in [3.63, 3.8) is 0 Å². The molecule has 0 aromatic heterocycles. The Bertz CT molecular complexity index is 449. The van der Waals surface area contributed by atoms with Crippen LogP contribution in [0.15, 0.2) is 23.2 Å². The zero-order chi connectivity index (χ0) is 13.0. The lowest BCUT2D eigenvalue weighted by molar-refractivity contribution is 0.642. The number of benzene rings is 1. The summed E-state index contributed by atoms with van der Waals surface area (Å²) in [5.74, 6) is 1.15. The summed E-state index contributed by atoms with van der Waals surface area (Å²) in [5, 5.41) is 5.84. The van der Waals surface area contributed by atoms with Crippen LogP contribution in [0.5, 0.6) is 0 Å². The molecule has 5 heteroatoms. The van der Waals surface area contributed by atoms with E-state index in [0.29, 0.717) is 11.1 Å². The minimum absolute atomic E-state index is 0.532. The van der Waals surface area contributed by atoms with Gasteiger partial charge in [-0.15, -0.1) is 0 Å². The number of rotatable bonds is 3. The maximum Gasteiger partial charge on any atom is 0.156 e. The Balaban J connectivity index is 1.89. The van der Waals surface area contributed by atoms with Gasteiger partial charge in [-0.1, -0.05) is 41.0 Å². The molecule has 1 N–H and O–H groups in total. The SMILES string of the molecule is CC1CCSC(=NCCc2ccc(Cl)cc2Cl)N1. The van der Waals surface area contributed by atoms with Gasteiger partial charge in [0.1, 0.15) is 0 Å². The summed E-state index contributed by atoms with van der Waals surface area (Å²) in [4.78, 5) is 4.57. The van der Waals surface area contributed by atoms with E-state index in [2.05, 4.69) is 17.2 Å². The highest BCUT2D eigenvalue weighted by molar-refractivity contribution is 8.13. The van der Waals surface area contributed by atoms with E-state index in [4.69, 9.17) is 23.2 Å². The zero-order valence-electron chi connectivity index (χ0n) is 10.2. The second-order valence-corrected chi connectivity index (χ2v) is 6.28. The number of aliphatic imine (C=N–C) groups is 1. The van der Waals surface area contributed by atoms with Crippen molar-refractivity contribution in [2.24, 2.45) is 4.99 Å². The normalized spacial score (nSPS) is 21.9. The molecule has 18 heavy (non-hydrogen) atoms. The average Bonchev–Trinajstić information content (AvgIpc) is 2.32. The van der Waals surface area contributed by atoms with Crippen LogP contribution in [-0.4, -0.2) is 23.5 Å². The maximum atomic E-state index is 6.12. The fraction of sp³-hybridized carbons (Fsp3) is 0.462. The average molecular weight is 303 g/mol. The lowest BCUT2D eigenvalue weighted by Crippen LogP contribution is -2.35. The van der Waals surface area contributed by atoms with Gasteiger partial charge in [-0.05, 0) is 37.5 Å². The van der Waals surface area contributed by atoms with E-state index >= 15 is 0 Å². The van der Waals surface area contributed by atoms with Crippen LogP contribution >= 0.6 is 35.0 Å². The van der Waals surface area contributed by atoms with Crippen molar-refractivity contribution >= 4 is 40.1 Å². The van der Waals surface area contributed by atoms with E-state index in [1.165, 1.54) is 6.42 Å². The summed E-state index contributed by atoms with van der Waals surface area (Å²) in [5.41, 5.74) is 1.10. The molecule has 1 aromatic carbocycles. The van der Waals surface area contributed by atoms with Gasteiger partial charge < -0.3 is 5.32 Å². The lowest BCUT2D eigenvalue weighted by Gasteiger charge is -2.21. The van der Waals surface area contributed by atoms with Crippen molar-refractivity contribution in [1.82, 2.24) is 5.32 Å². The number of amidine groups is 1. The molecule has 98 valence electrons. The molecule has 1 aliphatic heterocycles. The van der Waals surface area contributed by atoms with E-state index in [1.54, 1.807) is 17.8 Å². The summed E-state index contributed by atoms with van der Waals surface area (Å²) in [6.45, 7) is 2.94. The van der Waals surface area contributed by atoms with Crippen molar-refractivity contribution < 1.29 is 0 Å². The molecular formula is C13H16Cl2N2S. The van der Waals surface area contributed by atoms with Crippen molar-refractivity contribution in [1.29, 1.82) is 0 Å². The fourth-order valence-corrected chi connectivity index (χ4v) is 3.39.